The summed E-state index contributed by atoms with van der Waals surface area (Å²) in [5.74, 6) is 0.940. The average molecular weight is 208 g/mol. The van der Waals surface area contributed by atoms with E-state index in [4.69, 9.17) is 4.18 Å². The highest BCUT2D eigenvalue weighted by Crippen LogP contribution is 2.05. The summed E-state index contributed by atoms with van der Waals surface area (Å²) in [4.78, 5) is 0. The number of hydrogen-bond acceptors (Lipinski definition) is 3. The molecule has 0 aromatic carbocycles. The number of rotatable bonds is 6. The molecule has 0 amide bonds. The quantitative estimate of drug-likeness (QED) is 0.659. The fraction of sp³-hybridized carbons (Fsp3) is 0.875. The summed E-state index contributed by atoms with van der Waals surface area (Å²) in [5, 5.41) is 0. The van der Waals surface area contributed by atoms with Gasteiger partial charge in [-0.1, -0.05) is 27.7 Å². The molecule has 0 N–H and O–H groups in total. The van der Waals surface area contributed by atoms with Gasteiger partial charge < -0.3 is 0 Å². The van der Waals surface area contributed by atoms with E-state index in [1.54, 1.807) is 13.8 Å². The predicted molar refractivity (Wildman–Crippen MR) is 52.4 cm³/mol. The fourth-order valence-corrected chi connectivity index (χ4v) is 1.97. The first-order valence-corrected chi connectivity index (χ1v) is 5.74. The highest BCUT2D eigenvalue weighted by Gasteiger charge is 2.19. The molecule has 0 aliphatic heterocycles. The van der Waals surface area contributed by atoms with Crippen molar-refractivity contribution in [1.29, 1.82) is 0 Å². The lowest BCUT2D eigenvalue weighted by atomic mass is 10.2. The van der Waals surface area contributed by atoms with Crippen molar-refractivity contribution in [2.75, 3.05) is 19.7 Å². The minimum Gasteiger partial charge on any atom is -0.257 e. The Morgan fingerprint density at radius 3 is 2.00 bits per heavy atom. The topological polar surface area (TPSA) is 46.6 Å². The lowest BCUT2D eigenvalue weighted by Crippen LogP contribution is -2.32. The van der Waals surface area contributed by atoms with E-state index >= 15 is 0 Å². The predicted octanol–water partition coefficient (Wildman–Crippen LogP) is 1.20. The van der Waals surface area contributed by atoms with E-state index in [1.165, 1.54) is 4.31 Å². The monoisotopic (exact) mass is 208 g/mol. The molecule has 1 radical (unpaired) electrons. The van der Waals surface area contributed by atoms with Crippen LogP contribution in [0.3, 0.4) is 0 Å². The van der Waals surface area contributed by atoms with Gasteiger partial charge in [-0.2, -0.15) is 12.7 Å². The molecule has 4 nitrogen and oxygen atoms in total. The van der Waals surface area contributed by atoms with Crippen molar-refractivity contribution in [3.63, 3.8) is 0 Å². The van der Waals surface area contributed by atoms with Gasteiger partial charge in [-0.3, -0.25) is 4.18 Å². The first kappa shape index (κ1) is 12.9. The van der Waals surface area contributed by atoms with Gasteiger partial charge >= 0.3 is 10.3 Å². The molecule has 0 aliphatic rings. The van der Waals surface area contributed by atoms with Gasteiger partial charge in [0.2, 0.25) is 0 Å². The second-order valence-electron chi connectivity index (χ2n) is 3.01. The van der Waals surface area contributed by atoms with Crippen LogP contribution in [0.2, 0.25) is 0 Å². The smallest absolute Gasteiger partial charge is 0.257 e. The molecule has 0 heterocycles. The van der Waals surface area contributed by atoms with Crippen LogP contribution >= 0.6 is 0 Å². The van der Waals surface area contributed by atoms with Crippen molar-refractivity contribution in [2.24, 2.45) is 0 Å². The molecule has 0 saturated heterocycles. The van der Waals surface area contributed by atoms with Crippen molar-refractivity contribution < 1.29 is 12.6 Å². The number of nitrogens with zero attached hydrogens (tertiary/aromatic N) is 1. The summed E-state index contributed by atoms with van der Waals surface area (Å²) >= 11 is 0. The summed E-state index contributed by atoms with van der Waals surface area (Å²) in [7, 11) is -3.51. The highest BCUT2D eigenvalue weighted by atomic mass is 32.2. The maximum Gasteiger partial charge on any atom is 0.338 e. The molecule has 0 fully saturated rings. The summed E-state index contributed by atoms with van der Waals surface area (Å²) < 4.78 is 28.9. The molecule has 0 saturated carbocycles. The standard InChI is InChI=1S/C8H18NO3S/c1-5-9(6-2)13(10,11)12-7-8(3)4/h5-7H2,1-4H3. The van der Waals surface area contributed by atoms with E-state index < -0.39 is 10.3 Å². The maximum atomic E-state index is 11.4. The maximum absolute atomic E-state index is 11.4. The van der Waals surface area contributed by atoms with Gasteiger partial charge in [0.1, 0.15) is 0 Å². The normalized spacial score (nSPS) is 12.8. The molecule has 0 rings (SSSR count). The van der Waals surface area contributed by atoms with Crippen LogP contribution in [0.4, 0.5) is 0 Å². The Bertz CT molecular complexity index is 220. The Morgan fingerprint density at radius 2 is 1.69 bits per heavy atom. The highest BCUT2D eigenvalue weighted by molar-refractivity contribution is 7.84. The lowest BCUT2D eigenvalue weighted by molar-refractivity contribution is 0.282. The molecule has 0 spiro atoms. The molecule has 0 aromatic rings. The van der Waals surface area contributed by atoms with Gasteiger partial charge in [0.15, 0.2) is 0 Å². The van der Waals surface area contributed by atoms with Crippen LogP contribution < -0.4 is 0 Å². The van der Waals surface area contributed by atoms with Crippen LogP contribution in [0.15, 0.2) is 0 Å². The molecular weight excluding hydrogens is 190 g/mol. The second-order valence-corrected chi connectivity index (χ2v) is 4.62. The van der Waals surface area contributed by atoms with E-state index in [2.05, 4.69) is 0 Å². The van der Waals surface area contributed by atoms with Crippen LogP contribution in [-0.2, 0) is 14.5 Å². The van der Waals surface area contributed by atoms with E-state index in [9.17, 15) is 8.42 Å². The fourth-order valence-electron chi connectivity index (χ4n) is 0.807. The molecule has 0 atom stereocenters. The molecule has 13 heavy (non-hydrogen) atoms. The zero-order chi connectivity index (χ0) is 10.5. The molecule has 79 valence electrons. The average Bonchev–Trinajstić information content (AvgIpc) is 2.03. The second kappa shape index (κ2) is 5.57. The van der Waals surface area contributed by atoms with Crippen molar-refractivity contribution in [1.82, 2.24) is 4.31 Å². The van der Waals surface area contributed by atoms with Crippen molar-refractivity contribution in [2.45, 2.75) is 27.7 Å². The zero-order valence-corrected chi connectivity index (χ0v) is 9.52. The first-order valence-electron chi connectivity index (χ1n) is 4.37. The van der Waals surface area contributed by atoms with Gasteiger partial charge in [-0.25, -0.2) is 0 Å². The van der Waals surface area contributed by atoms with Crippen LogP contribution in [0, 0.1) is 5.92 Å². The minimum atomic E-state index is -3.51. The van der Waals surface area contributed by atoms with Crippen LogP contribution in [0.25, 0.3) is 0 Å². The first-order chi connectivity index (χ1) is 5.94. The zero-order valence-electron chi connectivity index (χ0n) is 8.70. The summed E-state index contributed by atoms with van der Waals surface area (Å²) in [6.45, 7) is 8.29. The largest absolute Gasteiger partial charge is 0.338 e. The Kier molecular flexibility index (Phi) is 5.51. The van der Waals surface area contributed by atoms with Gasteiger partial charge in [0.05, 0.1) is 6.61 Å². The summed E-state index contributed by atoms with van der Waals surface area (Å²) in [5.41, 5.74) is 0. The van der Waals surface area contributed by atoms with Crippen LogP contribution in [-0.4, -0.2) is 32.4 Å². The van der Waals surface area contributed by atoms with Crippen LogP contribution in [0.1, 0.15) is 27.7 Å². The van der Waals surface area contributed by atoms with Crippen molar-refractivity contribution in [3.8, 4) is 0 Å². The molecule has 0 bridgehead atoms. The Hall–Kier alpha value is -0.130. The molecule has 0 aromatic heterocycles. The third kappa shape index (κ3) is 4.59. The summed E-state index contributed by atoms with van der Waals surface area (Å²) in [6, 6.07) is 0. The minimum absolute atomic E-state index is 0.166. The molecule has 0 aliphatic carbocycles. The summed E-state index contributed by atoms with van der Waals surface area (Å²) in [6.07, 6.45) is 0. The third-order valence-corrected chi connectivity index (χ3v) is 3.08. The lowest BCUT2D eigenvalue weighted by Gasteiger charge is -2.18. The third-order valence-electron chi connectivity index (χ3n) is 1.52. The van der Waals surface area contributed by atoms with E-state index in [0.29, 0.717) is 13.1 Å². The van der Waals surface area contributed by atoms with Gasteiger partial charge in [-0.15, -0.1) is 0 Å². The number of hydrogen-bond donors (Lipinski definition) is 0. The molecule has 5 heteroatoms. The van der Waals surface area contributed by atoms with Gasteiger partial charge in [-0.05, 0) is 5.92 Å². The van der Waals surface area contributed by atoms with Gasteiger partial charge in [0, 0.05) is 13.1 Å². The molecule has 0 unspecified atom stereocenters. The Labute approximate surface area is 81.1 Å². The van der Waals surface area contributed by atoms with Crippen molar-refractivity contribution >= 4 is 10.3 Å². The molecular formula is C8H18NO3S. The van der Waals surface area contributed by atoms with E-state index in [0.717, 1.165) is 5.92 Å². The van der Waals surface area contributed by atoms with E-state index in [-0.39, 0.29) is 6.61 Å². The Morgan fingerprint density at radius 1 is 1.23 bits per heavy atom. The van der Waals surface area contributed by atoms with Crippen LogP contribution in [0.5, 0.6) is 0 Å². The SMILES string of the molecule is CCN(CC)S(=O)(=O)OC[C](C)C. The van der Waals surface area contributed by atoms with E-state index in [1.807, 2.05) is 13.8 Å². The van der Waals surface area contributed by atoms with Crippen molar-refractivity contribution in [3.05, 3.63) is 5.92 Å². The Balaban J connectivity index is 4.22. The van der Waals surface area contributed by atoms with Gasteiger partial charge in [0.25, 0.3) is 0 Å².